The Morgan fingerprint density at radius 2 is 1.85 bits per heavy atom. The zero-order valence-corrected chi connectivity index (χ0v) is 12.5. The summed E-state index contributed by atoms with van der Waals surface area (Å²) >= 11 is 0. The summed E-state index contributed by atoms with van der Waals surface area (Å²) in [5.74, 6) is 0.935. The maximum Gasteiger partial charge on any atom is 0.119 e. The molecule has 2 rings (SSSR count). The third-order valence-electron chi connectivity index (χ3n) is 4.18. The van der Waals surface area contributed by atoms with E-state index in [2.05, 4.69) is 24.4 Å². The third kappa shape index (κ3) is 4.22. The van der Waals surface area contributed by atoms with Gasteiger partial charge in [-0.2, -0.15) is 0 Å². The molecule has 0 radical (unpaired) electrons. The van der Waals surface area contributed by atoms with Gasteiger partial charge in [0.05, 0.1) is 13.2 Å². The Hall–Kier alpha value is -1.06. The average molecular weight is 277 g/mol. The van der Waals surface area contributed by atoms with Crippen molar-refractivity contribution in [3.8, 4) is 5.75 Å². The fraction of sp³-hybridized carbons (Fsp3) is 0.647. The largest absolute Gasteiger partial charge is 0.494 e. The first-order chi connectivity index (χ1) is 9.78. The van der Waals surface area contributed by atoms with Crippen LogP contribution in [0.5, 0.6) is 5.75 Å². The van der Waals surface area contributed by atoms with Crippen LogP contribution in [0.2, 0.25) is 0 Å². The van der Waals surface area contributed by atoms with E-state index in [9.17, 15) is 5.11 Å². The molecule has 0 atom stereocenters. The zero-order chi connectivity index (χ0) is 14.3. The molecule has 0 bridgehead atoms. The maximum absolute atomic E-state index is 9.68. The fourth-order valence-corrected chi connectivity index (χ4v) is 2.83. The Morgan fingerprint density at radius 1 is 1.15 bits per heavy atom. The van der Waals surface area contributed by atoms with Gasteiger partial charge >= 0.3 is 0 Å². The Bertz CT molecular complexity index is 382. The maximum atomic E-state index is 9.68. The van der Waals surface area contributed by atoms with Gasteiger partial charge in [0, 0.05) is 12.1 Å². The summed E-state index contributed by atoms with van der Waals surface area (Å²) in [7, 11) is 0. The molecule has 1 aromatic carbocycles. The van der Waals surface area contributed by atoms with E-state index in [4.69, 9.17) is 4.74 Å². The molecule has 1 aliphatic carbocycles. The zero-order valence-electron chi connectivity index (χ0n) is 12.5. The molecular formula is C17H27NO2. The number of ether oxygens (including phenoxy) is 1. The molecule has 1 fully saturated rings. The van der Waals surface area contributed by atoms with Crippen molar-refractivity contribution in [2.24, 2.45) is 0 Å². The number of nitrogens with one attached hydrogen (secondary N) is 1. The van der Waals surface area contributed by atoms with Crippen molar-refractivity contribution >= 4 is 0 Å². The monoisotopic (exact) mass is 277 g/mol. The van der Waals surface area contributed by atoms with Gasteiger partial charge in [-0.3, -0.25) is 0 Å². The highest BCUT2D eigenvalue weighted by Crippen LogP contribution is 2.28. The number of aliphatic hydroxyl groups excluding tert-OH is 1. The van der Waals surface area contributed by atoms with E-state index in [1.807, 2.05) is 12.1 Å². The summed E-state index contributed by atoms with van der Waals surface area (Å²) in [6.07, 6.45) is 6.94. The van der Waals surface area contributed by atoms with Crippen LogP contribution in [0.15, 0.2) is 24.3 Å². The van der Waals surface area contributed by atoms with Crippen LogP contribution >= 0.6 is 0 Å². The quantitative estimate of drug-likeness (QED) is 0.804. The van der Waals surface area contributed by atoms with Crippen LogP contribution in [0.25, 0.3) is 0 Å². The number of benzene rings is 1. The van der Waals surface area contributed by atoms with Crippen LogP contribution in [0, 0.1) is 0 Å². The summed E-state index contributed by atoms with van der Waals surface area (Å²) < 4.78 is 5.59. The lowest BCUT2D eigenvalue weighted by Gasteiger charge is -2.36. The first-order valence-corrected chi connectivity index (χ1v) is 7.86. The van der Waals surface area contributed by atoms with Gasteiger partial charge in [0.15, 0.2) is 0 Å². The fourth-order valence-electron chi connectivity index (χ4n) is 2.83. The van der Waals surface area contributed by atoms with E-state index < -0.39 is 0 Å². The topological polar surface area (TPSA) is 41.5 Å². The van der Waals surface area contributed by atoms with Crippen molar-refractivity contribution in [3.05, 3.63) is 29.8 Å². The predicted molar refractivity (Wildman–Crippen MR) is 82.0 cm³/mol. The molecule has 3 nitrogen and oxygen atoms in total. The van der Waals surface area contributed by atoms with E-state index in [0.717, 1.165) is 38.2 Å². The van der Waals surface area contributed by atoms with Gasteiger partial charge in [-0.15, -0.1) is 0 Å². The highest BCUT2D eigenvalue weighted by Gasteiger charge is 2.30. The molecule has 2 N–H and O–H groups in total. The molecule has 1 aromatic rings. The number of rotatable bonds is 7. The molecule has 0 aliphatic heterocycles. The normalized spacial score (nSPS) is 17.9. The molecule has 0 saturated heterocycles. The minimum atomic E-state index is -0.0599. The van der Waals surface area contributed by atoms with E-state index >= 15 is 0 Å². The number of aliphatic hydroxyl groups is 1. The molecule has 20 heavy (non-hydrogen) atoms. The molecule has 3 heteroatoms. The van der Waals surface area contributed by atoms with Crippen molar-refractivity contribution in [3.63, 3.8) is 0 Å². The molecule has 112 valence electrons. The molecule has 0 amide bonds. The van der Waals surface area contributed by atoms with Crippen molar-refractivity contribution in [2.75, 3.05) is 13.2 Å². The Balaban J connectivity index is 1.86. The van der Waals surface area contributed by atoms with Gasteiger partial charge in [0.1, 0.15) is 5.75 Å². The molecule has 1 aliphatic rings. The lowest BCUT2D eigenvalue weighted by Crippen LogP contribution is -2.49. The Kier molecular flexibility index (Phi) is 5.86. The first kappa shape index (κ1) is 15.3. The van der Waals surface area contributed by atoms with E-state index in [1.54, 1.807) is 0 Å². The van der Waals surface area contributed by atoms with Gasteiger partial charge in [-0.25, -0.2) is 0 Å². The summed E-state index contributed by atoms with van der Waals surface area (Å²) in [6.45, 7) is 3.93. The lowest BCUT2D eigenvalue weighted by molar-refractivity contribution is 0.119. The minimum absolute atomic E-state index is 0.0599. The summed E-state index contributed by atoms with van der Waals surface area (Å²) in [4.78, 5) is 0. The lowest BCUT2D eigenvalue weighted by atomic mass is 9.82. The average Bonchev–Trinajstić information content (AvgIpc) is 2.53. The molecule has 0 aromatic heterocycles. The molecular weight excluding hydrogens is 250 g/mol. The van der Waals surface area contributed by atoms with Crippen molar-refractivity contribution in [1.82, 2.24) is 5.32 Å². The molecule has 0 spiro atoms. The second-order valence-corrected chi connectivity index (χ2v) is 5.85. The van der Waals surface area contributed by atoms with Crippen LogP contribution in [-0.4, -0.2) is 23.9 Å². The van der Waals surface area contributed by atoms with Gasteiger partial charge in [-0.1, -0.05) is 38.3 Å². The highest BCUT2D eigenvalue weighted by molar-refractivity contribution is 5.27. The predicted octanol–water partition coefficient (Wildman–Crippen LogP) is 3.26. The third-order valence-corrected chi connectivity index (χ3v) is 4.18. The number of hydrogen-bond donors (Lipinski definition) is 2. The molecule has 1 saturated carbocycles. The Labute approximate surface area is 122 Å². The van der Waals surface area contributed by atoms with Crippen LogP contribution in [0.1, 0.15) is 51.0 Å². The van der Waals surface area contributed by atoms with Gasteiger partial charge in [0.2, 0.25) is 0 Å². The van der Waals surface area contributed by atoms with Gasteiger partial charge < -0.3 is 15.2 Å². The standard InChI is InChI=1S/C17H27NO2/c1-2-12-20-16-8-6-15(7-9-16)13-18-17(14-19)10-4-3-5-11-17/h6-9,18-19H,2-5,10-14H2,1H3. The van der Waals surface area contributed by atoms with Crippen LogP contribution in [0.3, 0.4) is 0 Å². The van der Waals surface area contributed by atoms with Crippen LogP contribution in [-0.2, 0) is 6.54 Å². The van der Waals surface area contributed by atoms with Gasteiger partial charge in [0.25, 0.3) is 0 Å². The van der Waals surface area contributed by atoms with Crippen molar-refractivity contribution in [1.29, 1.82) is 0 Å². The summed E-state index contributed by atoms with van der Waals surface area (Å²) in [5, 5.41) is 13.3. The van der Waals surface area contributed by atoms with E-state index in [-0.39, 0.29) is 12.1 Å². The smallest absolute Gasteiger partial charge is 0.119 e. The van der Waals surface area contributed by atoms with Crippen LogP contribution in [0.4, 0.5) is 0 Å². The molecule has 0 unspecified atom stereocenters. The SMILES string of the molecule is CCCOc1ccc(CNC2(CO)CCCCC2)cc1. The second-order valence-electron chi connectivity index (χ2n) is 5.85. The first-order valence-electron chi connectivity index (χ1n) is 7.86. The second kappa shape index (κ2) is 7.65. The Morgan fingerprint density at radius 3 is 2.45 bits per heavy atom. The van der Waals surface area contributed by atoms with Crippen molar-refractivity contribution < 1.29 is 9.84 Å². The molecule has 0 heterocycles. The van der Waals surface area contributed by atoms with Crippen molar-refractivity contribution in [2.45, 2.75) is 57.5 Å². The minimum Gasteiger partial charge on any atom is -0.494 e. The van der Waals surface area contributed by atoms with E-state index in [0.29, 0.717) is 0 Å². The summed E-state index contributed by atoms with van der Waals surface area (Å²) in [6, 6.07) is 8.26. The van der Waals surface area contributed by atoms with Crippen LogP contribution < -0.4 is 10.1 Å². The summed E-state index contributed by atoms with van der Waals surface area (Å²) in [5.41, 5.74) is 1.18. The highest BCUT2D eigenvalue weighted by atomic mass is 16.5. The van der Waals surface area contributed by atoms with Gasteiger partial charge in [-0.05, 0) is 37.0 Å². The number of hydrogen-bond acceptors (Lipinski definition) is 3. The van der Waals surface area contributed by atoms with E-state index in [1.165, 1.54) is 24.8 Å².